The molecule has 0 radical (unpaired) electrons. The molecule has 2 fully saturated rings. The van der Waals surface area contributed by atoms with Crippen molar-refractivity contribution in [3.8, 4) is 0 Å². The molecule has 2 aliphatic rings. The quantitative estimate of drug-likeness (QED) is 0.550. The van der Waals surface area contributed by atoms with Crippen LogP contribution < -0.4 is 5.73 Å². The number of likely N-dealkylation sites (N-methyl/N-ethyl adjacent to an activating group) is 2. The van der Waals surface area contributed by atoms with Gasteiger partial charge in [-0.1, -0.05) is 0 Å². The maximum absolute atomic E-state index is 11.6. The lowest BCUT2D eigenvalue weighted by molar-refractivity contribution is -0.128. The van der Waals surface area contributed by atoms with E-state index < -0.39 is 11.6 Å². The van der Waals surface area contributed by atoms with Crippen molar-refractivity contribution in [3.63, 3.8) is 0 Å². The fraction of sp³-hybridized carbons (Fsp3) is 0.750. The molecule has 0 aromatic rings. The summed E-state index contributed by atoms with van der Waals surface area (Å²) in [7, 11) is 3.12. The molecule has 0 bridgehead atoms. The van der Waals surface area contributed by atoms with Crippen LogP contribution in [0.25, 0.3) is 0 Å². The average molecular weight is 183 g/mol. The van der Waals surface area contributed by atoms with Crippen molar-refractivity contribution in [2.24, 2.45) is 5.73 Å². The molecule has 0 spiro atoms. The molecule has 2 rings (SSSR count). The Morgan fingerprint density at radius 1 is 1.38 bits per heavy atom. The first-order valence-electron chi connectivity index (χ1n) is 4.30. The van der Waals surface area contributed by atoms with Gasteiger partial charge in [0.05, 0.1) is 0 Å². The summed E-state index contributed by atoms with van der Waals surface area (Å²) < 4.78 is 0. The highest BCUT2D eigenvalue weighted by Gasteiger charge is 2.57. The van der Waals surface area contributed by atoms with Crippen LogP contribution in [0.4, 0.5) is 4.79 Å². The first-order chi connectivity index (χ1) is 5.97. The molecular formula is C8H13N3O2. The summed E-state index contributed by atoms with van der Waals surface area (Å²) in [6.07, 6.45) is 1.66. The molecule has 72 valence electrons. The number of carbonyl (C=O) groups is 2. The zero-order valence-electron chi connectivity index (χ0n) is 7.78. The molecular weight excluding hydrogens is 170 g/mol. The Balaban J connectivity index is 2.29. The molecule has 1 saturated heterocycles. The minimum Gasteiger partial charge on any atom is -0.323 e. The lowest BCUT2D eigenvalue weighted by Gasteiger charge is -2.21. The molecule has 5 nitrogen and oxygen atoms in total. The van der Waals surface area contributed by atoms with Gasteiger partial charge in [0.15, 0.2) is 0 Å². The maximum atomic E-state index is 11.6. The van der Waals surface area contributed by atoms with Gasteiger partial charge in [-0.3, -0.25) is 9.69 Å². The standard InChI is InChI=1S/C8H13N3O2/c1-10-5(8(9)3-4-8)6(12)11(2)7(10)13/h5H,3-4,9H2,1-2H3. The van der Waals surface area contributed by atoms with Gasteiger partial charge in [0.25, 0.3) is 5.91 Å². The summed E-state index contributed by atoms with van der Waals surface area (Å²) >= 11 is 0. The van der Waals surface area contributed by atoms with Gasteiger partial charge < -0.3 is 10.6 Å². The third-order valence-electron chi connectivity index (χ3n) is 2.91. The molecule has 5 heteroatoms. The molecule has 1 heterocycles. The lowest BCUT2D eigenvalue weighted by Crippen LogP contribution is -2.49. The third kappa shape index (κ3) is 0.966. The number of amides is 3. The molecule has 13 heavy (non-hydrogen) atoms. The van der Waals surface area contributed by atoms with Crippen molar-refractivity contribution in [1.29, 1.82) is 0 Å². The Bertz CT molecular complexity index is 285. The van der Waals surface area contributed by atoms with E-state index in [0.717, 1.165) is 17.7 Å². The number of urea groups is 1. The first-order valence-corrected chi connectivity index (χ1v) is 4.30. The van der Waals surface area contributed by atoms with Gasteiger partial charge in [0.2, 0.25) is 0 Å². The second kappa shape index (κ2) is 2.23. The van der Waals surface area contributed by atoms with Gasteiger partial charge in [-0.2, -0.15) is 0 Å². The van der Waals surface area contributed by atoms with Crippen LogP contribution in [0.15, 0.2) is 0 Å². The molecule has 0 aromatic carbocycles. The van der Waals surface area contributed by atoms with Crippen LogP contribution in [-0.2, 0) is 4.79 Å². The predicted octanol–water partition coefficient (Wildman–Crippen LogP) is -0.630. The smallest absolute Gasteiger partial charge is 0.323 e. The van der Waals surface area contributed by atoms with Gasteiger partial charge >= 0.3 is 6.03 Å². The van der Waals surface area contributed by atoms with E-state index in [1.54, 1.807) is 7.05 Å². The molecule has 1 unspecified atom stereocenters. The summed E-state index contributed by atoms with van der Waals surface area (Å²) in [4.78, 5) is 25.5. The molecule has 1 saturated carbocycles. The van der Waals surface area contributed by atoms with Crippen LogP contribution in [0.3, 0.4) is 0 Å². The van der Waals surface area contributed by atoms with E-state index in [1.165, 1.54) is 11.9 Å². The van der Waals surface area contributed by atoms with Crippen molar-refractivity contribution in [2.45, 2.75) is 24.4 Å². The van der Waals surface area contributed by atoms with Crippen LogP contribution in [-0.4, -0.2) is 47.4 Å². The second-order valence-electron chi connectivity index (χ2n) is 3.93. The van der Waals surface area contributed by atoms with Crippen LogP contribution in [0.2, 0.25) is 0 Å². The highest BCUT2D eigenvalue weighted by Crippen LogP contribution is 2.40. The van der Waals surface area contributed by atoms with Crippen molar-refractivity contribution in [1.82, 2.24) is 9.80 Å². The molecule has 0 aromatic heterocycles. The van der Waals surface area contributed by atoms with Crippen molar-refractivity contribution in [2.75, 3.05) is 14.1 Å². The van der Waals surface area contributed by atoms with Gasteiger partial charge in [-0.05, 0) is 12.8 Å². The third-order valence-corrected chi connectivity index (χ3v) is 2.91. The van der Waals surface area contributed by atoms with E-state index >= 15 is 0 Å². The van der Waals surface area contributed by atoms with E-state index in [2.05, 4.69) is 0 Å². The lowest BCUT2D eigenvalue weighted by atomic mass is 10.1. The summed E-state index contributed by atoms with van der Waals surface area (Å²) in [5, 5.41) is 0. The normalized spacial score (nSPS) is 31.5. The van der Waals surface area contributed by atoms with E-state index in [1.807, 2.05) is 0 Å². The maximum Gasteiger partial charge on any atom is 0.326 e. The van der Waals surface area contributed by atoms with E-state index in [0.29, 0.717) is 0 Å². The fourth-order valence-corrected chi connectivity index (χ4v) is 1.84. The number of hydrogen-bond donors (Lipinski definition) is 1. The van der Waals surface area contributed by atoms with Crippen LogP contribution >= 0.6 is 0 Å². The largest absolute Gasteiger partial charge is 0.326 e. The van der Waals surface area contributed by atoms with Crippen molar-refractivity contribution < 1.29 is 9.59 Å². The number of carbonyl (C=O) groups excluding carboxylic acids is 2. The summed E-state index contributed by atoms with van der Waals surface area (Å²) in [6, 6.07) is -0.697. The predicted molar refractivity (Wildman–Crippen MR) is 45.9 cm³/mol. The molecule has 1 aliphatic carbocycles. The van der Waals surface area contributed by atoms with E-state index in [9.17, 15) is 9.59 Å². The van der Waals surface area contributed by atoms with Crippen LogP contribution in [0, 0.1) is 0 Å². The van der Waals surface area contributed by atoms with E-state index in [-0.39, 0.29) is 11.9 Å². The molecule has 3 amide bonds. The number of nitrogens with zero attached hydrogens (tertiary/aromatic N) is 2. The number of imide groups is 1. The number of nitrogens with two attached hydrogens (primary N) is 1. The highest BCUT2D eigenvalue weighted by atomic mass is 16.2. The topological polar surface area (TPSA) is 66.6 Å². The number of hydrogen-bond acceptors (Lipinski definition) is 3. The second-order valence-corrected chi connectivity index (χ2v) is 3.93. The van der Waals surface area contributed by atoms with E-state index in [4.69, 9.17) is 5.73 Å². The average Bonchev–Trinajstić information content (AvgIpc) is 2.77. The van der Waals surface area contributed by atoms with Gasteiger partial charge in [-0.25, -0.2) is 4.79 Å². The summed E-state index contributed by atoms with van der Waals surface area (Å²) in [5.74, 6) is -0.174. The van der Waals surface area contributed by atoms with Crippen molar-refractivity contribution >= 4 is 11.9 Å². The summed E-state index contributed by atoms with van der Waals surface area (Å²) in [6.45, 7) is 0. The van der Waals surface area contributed by atoms with Gasteiger partial charge in [0, 0.05) is 19.6 Å². The Morgan fingerprint density at radius 3 is 2.23 bits per heavy atom. The minimum absolute atomic E-state index is 0.174. The first kappa shape index (κ1) is 8.50. The Hall–Kier alpha value is -1.10. The summed E-state index contributed by atoms with van der Waals surface area (Å²) in [5.41, 5.74) is 5.46. The van der Waals surface area contributed by atoms with Gasteiger partial charge in [0.1, 0.15) is 6.04 Å². The minimum atomic E-state index is -0.452. The fourth-order valence-electron chi connectivity index (χ4n) is 1.84. The zero-order chi connectivity index (χ0) is 9.80. The molecule has 1 atom stereocenters. The molecule has 1 aliphatic heterocycles. The highest BCUT2D eigenvalue weighted by molar-refractivity contribution is 6.04. The Kier molecular flexibility index (Phi) is 1.46. The van der Waals surface area contributed by atoms with Gasteiger partial charge in [-0.15, -0.1) is 0 Å². The van der Waals surface area contributed by atoms with Crippen LogP contribution in [0.5, 0.6) is 0 Å². The van der Waals surface area contributed by atoms with Crippen LogP contribution in [0.1, 0.15) is 12.8 Å². The SMILES string of the molecule is CN1C(=O)C(C2(N)CC2)N(C)C1=O. The monoisotopic (exact) mass is 183 g/mol. The van der Waals surface area contributed by atoms with Crippen molar-refractivity contribution in [3.05, 3.63) is 0 Å². The molecule has 2 N–H and O–H groups in total. The Labute approximate surface area is 76.5 Å². The number of rotatable bonds is 1. The Morgan fingerprint density at radius 2 is 1.92 bits per heavy atom. The zero-order valence-corrected chi connectivity index (χ0v) is 7.78.